The lowest BCUT2D eigenvalue weighted by molar-refractivity contribution is 0.415. The van der Waals surface area contributed by atoms with Gasteiger partial charge in [-0.3, -0.25) is 0 Å². The minimum Gasteiger partial charge on any atom is -0.497 e. The van der Waals surface area contributed by atoms with E-state index < -0.39 is 0 Å². The maximum absolute atomic E-state index is 5.19. The smallest absolute Gasteiger partial charge is 0.166 e. The molecule has 1 aromatic carbocycles. The van der Waals surface area contributed by atoms with Gasteiger partial charge in [-0.25, -0.2) is 4.98 Å². The van der Waals surface area contributed by atoms with Crippen molar-refractivity contribution in [3.05, 3.63) is 18.2 Å². The molecule has 0 aliphatic rings. The Bertz CT molecular complexity index is 497. The highest BCUT2D eigenvalue weighted by Crippen LogP contribution is 2.25. The van der Waals surface area contributed by atoms with Crippen molar-refractivity contribution in [1.82, 2.24) is 15.3 Å². The molecule has 1 heterocycles. The van der Waals surface area contributed by atoms with Gasteiger partial charge in [0, 0.05) is 17.9 Å². The second kappa shape index (κ2) is 5.42. The summed E-state index contributed by atoms with van der Waals surface area (Å²) in [6, 6.07) is 5.86. The molecule has 2 rings (SSSR count). The molecular weight excluding hydrogens is 234 g/mol. The first-order valence-corrected chi connectivity index (χ1v) is 6.46. The minimum atomic E-state index is 0.488. The molecule has 2 aromatic rings. The molecule has 1 unspecified atom stereocenters. The molecule has 0 aliphatic carbocycles. The van der Waals surface area contributed by atoms with Crippen molar-refractivity contribution in [3.8, 4) is 5.75 Å². The summed E-state index contributed by atoms with van der Waals surface area (Å²) in [6.45, 7) is 3.14. The predicted molar refractivity (Wildman–Crippen MR) is 71.9 cm³/mol. The second-order valence-corrected chi connectivity index (χ2v) is 5.34. The number of rotatable bonds is 5. The molecule has 0 saturated carbocycles. The van der Waals surface area contributed by atoms with Crippen molar-refractivity contribution in [1.29, 1.82) is 0 Å². The van der Waals surface area contributed by atoms with Crippen LogP contribution in [0, 0.1) is 0 Å². The standard InChI is InChI=1S/C12H17N3OS/c1-8(7-13-2)17-12-14-10-5-4-9(16-3)6-11(10)15-12/h4-6,8,13H,7H2,1-3H3,(H,14,15). The number of aromatic nitrogens is 2. The number of fused-ring (bicyclic) bond motifs is 1. The number of H-pyrrole nitrogens is 1. The number of methoxy groups -OCH3 is 1. The summed E-state index contributed by atoms with van der Waals surface area (Å²) in [5, 5.41) is 4.60. The highest BCUT2D eigenvalue weighted by atomic mass is 32.2. The Morgan fingerprint density at radius 1 is 1.53 bits per heavy atom. The van der Waals surface area contributed by atoms with Crippen LogP contribution in [-0.2, 0) is 0 Å². The molecule has 5 heteroatoms. The van der Waals surface area contributed by atoms with Gasteiger partial charge in [-0.1, -0.05) is 18.7 Å². The Labute approximate surface area is 105 Å². The Hall–Kier alpha value is -1.20. The van der Waals surface area contributed by atoms with Crippen molar-refractivity contribution >= 4 is 22.8 Å². The van der Waals surface area contributed by atoms with Gasteiger partial charge in [0.2, 0.25) is 0 Å². The van der Waals surface area contributed by atoms with Gasteiger partial charge in [0.25, 0.3) is 0 Å². The monoisotopic (exact) mass is 251 g/mol. The Morgan fingerprint density at radius 2 is 2.35 bits per heavy atom. The predicted octanol–water partition coefficient (Wildman–Crippen LogP) is 2.27. The molecule has 0 spiro atoms. The van der Waals surface area contributed by atoms with E-state index in [1.54, 1.807) is 18.9 Å². The molecule has 2 N–H and O–H groups in total. The maximum Gasteiger partial charge on any atom is 0.166 e. The molecule has 0 aliphatic heterocycles. The first kappa shape index (κ1) is 12.3. The number of thioether (sulfide) groups is 1. The van der Waals surface area contributed by atoms with E-state index in [2.05, 4.69) is 22.2 Å². The topological polar surface area (TPSA) is 49.9 Å². The molecule has 0 bridgehead atoms. The first-order valence-electron chi connectivity index (χ1n) is 5.58. The van der Waals surface area contributed by atoms with Crippen molar-refractivity contribution < 1.29 is 4.74 Å². The van der Waals surface area contributed by atoms with E-state index in [9.17, 15) is 0 Å². The van der Waals surface area contributed by atoms with Crippen LogP contribution in [-0.4, -0.2) is 35.9 Å². The average Bonchev–Trinajstić information content (AvgIpc) is 2.69. The van der Waals surface area contributed by atoms with Gasteiger partial charge in [-0.05, 0) is 19.2 Å². The molecule has 92 valence electrons. The lowest BCUT2D eigenvalue weighted by Crippen LogP contribution is -2.17. The van der Waals surface area contributed by atoms with Crippen molar-refractivity contribution in [2.24, 2.45) is 0 Å². The fourth-order valence-corrected chi connectivity index (χ4v) is 2.62. The van der Waals surface area contributed by atoms with Crippen LogP contribution in [0.25, 0.3) is 11.0 Å². The zero-order valence-electron chi connectivity index (χ0n) is 10.3. The van der Waals surface area contributed by atoms with Gasteiger partial charge in [0.1, 0.15) is 5.75 Å². The lowest BCUT2D eigenvalue weighted by atomic mass is 10.3. The summed E-state index contributed by atoms with van der Waals surface area (Å²) < 4.78 is 5.19. The number of nitrogens with one attached hydrogen (secondary N) is 2. The van der Waals surface area contributed by atoms with Crippen molar-refractivity contribution in [3.63, 3.8) is 0 Å². The average molecular weight is 251 g/mol. The van der Waals surface area contributed by atoms with E-state index in [0.717, 1.165) is 28.5 Å². The summed E-state index contributed by atoms with van der Waals surface area (Å²) in [5.41, 5.74) is 1.99. The zero-order valence-corrected chi connectivity index (χ0v) is 11.1. The molecule has 0 radical (unpaired) electrons. The van der Waals surface area contributed by atoms with E-state index in [-0.39, 0.29) is 0 Å². The molecule has 0 saturated heterocycles. The minimum absolute atomic E-state index is 0.488. The second-order valence-electron chi connectivity index (χ2n) is 3.91. The van der Waals surface area contributed by atoms with E-state index >= 15 is 0 Å². The zero-order chi connectivity index (χ0) is 12.3. The Kier molecular flexibility index (Phi) is 3.91. The molecule has 0 amide bonds. The fraction of sp³-hybridized carbons (Fsp3) is 0.417. The first-order chi connectivity index (χ1) is 8.22. The van der Waals surface area contributed by atoms with Crippen LogP contribution >= 0.6 is 11.8 Å². The molecule has 1 aromatic heterocycles. The third kappa shape index (κ3) is 2.92. The normalized spacial score (nSPS) is 12.9. The summed E-state index contributed by atoms with van der Waals surface area (Å²) in [7, 11) is 3.63. The lowest BCUT2D eigenvalue weighted by Gasteiger charge is -2.06. The van der Waals surface area contributed by atoms with E-state index in [4.69, 9.17) is 4.74 Å². The van der Waals surface area contributed by atoms with Gasteiger partial charge in [-0.2, -0.15) is 0 Å². The molecule has 0 fully saturated rings. The summed E-state index contributed by atoms with van der Waals surface area (Å²) in [6.07, 6.45) is 0. The number of hydrogen-bond acceptors (Lipinski definition) is 4. The largest absolute Gasteiger partial charge is 0.497 e. The third-order valence-electron chi connectivity index (χ3n) is 2.47. The number of nitrogens with zero attached hydrogens (tertiary/aromatic N) is 1. The highest BCUT2D eigenvalue weighted by Gasteiger charge is 2.08. The number of imidazole rings is 1. The molecular formula is C12H17N3OS. The van der Waals surface area contributed by atoms with Gasteiger partial charge < -0.3 is 15.0 Å². The van der Waals surface area contributed by atoms with Crippen LogP contribution in [0.4, 0.5) is 0 Å². The number of aromatic amines is 1. The van der Waals surface area contributed by atoms with Crippen LogP contribution in [0.15, 0.2) is 23.4 Å². The molecule has 4 nitrogen and oxygen atoms in total. The van der Waals surface area contributed by atoms with Gasteiger partial charge in [0.05, 0.1) is 18.1 Å². The van der Waals surface area contributed by atoms with E-state index in [1.165, 1.54) is 0 Å². The number of hydrogen-bond donors (Lipinski definition) is 2. The van der Waals surface area contributed by atoms with Crippen LogP contribution in [0.2, 0.25) is 0 Å². The SMILES string of the molecule is CNCC(C)Sc1nc2ccc(OC)cc2[nH]1. The quantitative estimate of drug-likeness (QED) is 0.800. The van der Waals surface area contributed by atoms with Crippen molar-refractivity contribution in [2.75, 3.05) is 20.7 Å². The number of ether oxygens (including phenoxy) is 1. The third-order valence-corrected chi connectivity index (χ3v) is 3.46. The summed E-state index contributed by atoms with van der Waals surface area (Å²) in [4.78, 5) is 7.84. The fourth-order valence-electron chi connectivity index (χ4n) is 1.67. The maximum atomic E-state index is 5.19. The van der Waals surface area contributed by atoms with Gasteiger partial charge in [-0.15, -0.1) is 0 Å². The highest BCUT2D eigenvalue weighted by molar-refractivity contribution is 7.99. The van der Waals surface area contributed by atoms with E-state index in [0.29, 0.717) is 5.25 Å². The number of benzene rings is 1. The van der Waals surface area contributed by atoms with Crippen molar-refractivity contribution in [2.45, 2.75) is 17.3 Å². The summed E-state index contributed by atoms with van der Waals surface area (Å²) >= 11 is 1.74. The van der Waals surface area contributed by atoms with Crippen LogP contribution in [0.5, 0.6) is 5.75 Å². The molecule has 1 atom stereocenters. The Balaban J connectivity index is 2.19. The van der Waals surface area contributed by atoms with E-state index in [1.807, 2.05) is 25.2 Å². The molecule has 17 heavy (non-hydrogen) atoms. The van der Waals surface area contributed by atoms with Crippen LogP contribution in [0.3, 0.4) is 0 Å². The van der Waals surface area contributed by atoms with Crippen LogP contribution in [0.1, 0.15) is 6.92 Å². The summed E-state index contributed by atoms with van der Waals surface area (Å²) in [5.74, 6) is 0.848. The van der Waals surface area contributed by atoms with Gasteiger partial charge in [0.15, 0.2) is 5.16 Å². The Morgan fingerprint density at radius 3 is 3.06 bits per heavy atom. The van der Waals surface area contributed by atoms with Gasteiger partial charge >= 0.3 is 0 Å². The van der Waals surface area contributed by atoms with Crippen LogP contribution < -0.4 is 10.1 Å².